The molecule has 0 saturated carbocycles. The highest BCUT2D eigenvalue weighted by molar-refractivity contribution is 5.94. The Balaban J connectivity index is 0.00000112. The molecule has 1 aliphatic heterocycles. The molecule has 0 radical (unpaired) electrons. The predicted octanol–water partition coefficient (Wildman–Crippen LogP) is 5.34. The van der Waals surface area contributed by atoms with Crippen molar-refractivity contribution in [2.75, 3.05) is 39.4 Å². The summed E-state index contributed by atoms with van der Waals surface area (Å²) in [6, 6.07) is 3.36. The molecule has 2 N–H and O–H groups in total. The first-order chi connectivity index (χ1) is 18.0. The van der Waals surface area contributed by atoms with Crippen molar-refractivity contribution in [2.24, 2.45) is 4.99 Å². The summed E-state index contributed by atoms with van der Waals surface area (Å²) in [4.78, 5) is 16.4. The van der Waals surface area contributed by atoms with Crippen molar-refractivity contribution in [2.45, 2.75) is 52.0 Å². The molecule has 0 unspecified atom stereocenters. The monoisotopic (exact) mass is 513 g/mol. The molecule has 1 amide bonds. The maximum absolute atomic E-state index is 14.7. The zero-order chi connectivity index (χ0) is 27.0. The van der Waals surface area contributed by atoms with Crippen LogP contribution in [0.4, 0.5) is 10.1 Å². The smallest absolute Gasteiger partial charge is 0.251 e. The van der Waals surface area contributed by atoms with Crippen LogP contribution in [0.2, 0.25) is 0 Å². The first kappa shape index (κ1) is 29.8. The number of nitrogens with one attached hydrogen (secondary N) is 2. The summed E-state index contributed by atoms with van der Waals surface area (Å²) in [5, 5.41) is 10.2. The van der Waals surface area contributed by atoms with Gasteiger partial charge in [0.2, 0.25) is 0 Å². The van der Waals surface area contributed by atoms with E-state index in [1.807, 2.05) is 30.0 Å². The van der Waals surface area contributed by atoms with Gasteiger partial charge in [-0.05, 0) is 62.3 Å². The molecule has 1 aromatic heterocycles. The van der Waals surface area contributed by atoms with E-state index < -0.39 is 5.82 Å². The first-order valence-electron chi connectivity index (χ1n) is 12.7. The van der Waals surface area contributed by atoms with Gasteiger partial charge in [-0.2, -0.15) is 5.10 Å². The van der Waals surface area contributed by atoms with E-state index in [4.69, 9.17) is 9.47 Å². The Morgan fingerprint density at radius 3 is 2.73 bits per heavy atom. The molecule has 37 heavy (non-hydrogen) atoms. The number of aryl methyl sites for hydroxylation is 1. The van der Waals surface area contributed by atoms with E-state index in [1.54, 1.807) is 18.5 Å². The van der Waals surface area contributed by atoms with Crippen molar-refractivity contribution in [3.05, 3.63) is 65.8 Å². The lowest BCUT2D eigenvalue weighted by Gasteiger charge is -2.22. The second kappa shape index (κ2) is 16.3. The number of aliphatic imine (C=N–C) groups is 1. The maximum Gasteiger partial charge on any atom is 0.251 e. The Labute approximate surface area is 219 Å². The molecule has 0 aliphatic carbocycles. The number of halogens is 1. The van der Waals surface area contributed by atoms with Crippen LogP contribution in [0.3, 0.4) is 0 Å². The Bertz CT molecular complexity index is 1060. The van der Waals surface area contributed by atoms with E-state index >= 15 is 0 Å². The average molecular weight is 514 g/mol. The number of ether oxygens (including phenoxy) is 2. The number of amides is 1. The van der Waals surface area contributed by atoms with Gasteiger partial charge in [0, 0.05) is 38.2 Å². The molecule has 0 atom stereocenters. The van der Waals surface area contributed by atoms with Gasteiger partial charge < -0.3 is 20.1 Å². The predicted molar refractivity (Wildman–Crippen MR) is 147 cm³/mol. The second-order valence-corrected chi connectivity index (χ2v) is 8.49. The molecule has 1 fully saturated rings. The van der Waals surface area contributed by atoms with E-state index in [9.17, 15) is 9.18 Å². The van der Waals surface area contributed by atoms with Crippen molar-refractivity contribution in [3.8, 4) is 5.75 Å². The fourth-order valence-electron chi connectivity index (χ4n) is 3.70. The molecule has 8 nitrogen and oxygen atoms in total. The molecule has 1 aromatic carbocycles. The van der Waals surface area contributed by atoms with Gasteiger partial charge in [0.25, 0.3) is 5.91 Å². The number of anilines is 1. The van der Waals surface area contributed by atoms with Gasteiger partial charge in [-0.3, -0.25) is 14.5 Å². The largest absolute Gasteiger partial charge is 0.494 e. The van der Waals surface area contributed by atoms with Gasteiger partial charge in [0.05, 0.1) is 25.0 Å². The molecule has 3 rings (SSSR count). The molecule has 1 saturated heterocycles. The molecular formula is C28H40FN5O3. The number of carbonyl (C=O) groups excluding carboxylic acids is 1. The minimum atomic E-state index is -0.444. The minimum absolute atomic E-state index is 0.0623. The summed E-state index contributed by atoms with van der Waals surface area (Å²) >= 11 is 0. The number of methoxy groups -OCH3 is 1. The van der Waals surface area contributed by atoms with Gasteiger partial charge in [-0.1, -0.05) is 19.1 Å². The number of hydrogen-bond acceptors (Lipinski definition) is 6. The molecule has 9 heteroatoms. The fourth-order valence-corrected chi connectivity index (χ4v) is 3.70. The third-order valence-electron chi connectivity index (χ3n) is 5.96. The van der Waals surface area contributed by atoms with Gasteiger partial charge in [0.15, 0.2) is 11.6 Å². The van der Waals surface area contributed by atoms with E-state index in [-0.39, 0.29) is 11.7 Å². The highest BCUT2D eigenvalue weighted by Gasteiger charge is 2.17. The number of aromatic nitrogens is 2. The zero-order valence-corrected chi connectivity index (χ0v) is 22.4. The minimum Gasteiger partial charge on any atom is -0.494 e. The molecule has 0 bridgehead atoms. The Kier molecular flexibility index (Phi) is 13.1. The van der Waals surface area contributed by atoms with Crippen molar-refractivity contribution >= 4 is 17.8 Å². The molecule has 1 aliphatic rings. The second-order valence-electron chi connectivity index (χ2n) is 8.49. The van der Waals surface area contributed by atoms with Crippen molar-refractivity contribution in [3.63, 3.8) is 0 Å². The summed E-state index contributed by atoms with van der Waals surface area (Å²) in [5.41, 5.74) is 2.69. The highest BCUT2D eigenvalue weighted by Crippen LogP contribution is 2.25. The van der Waals surface area contributed by atoms with Gasteiger partial charge in [-0.25, -0.2) is 4.39 Å². The molecule has 202 valence electrons. The topological polar surface area (TPSA) is 89.8 Å². The first-order valence-corrected chi connectivity index (χ1v) is 12.7. The number of carbonyl (C=O) groups is 1. The number of hydrogen-bond donors (Lipinski definition) is 2. The lowest BCUT2D eigenvalue weighted by molar-refractivity contribution is 0.0662. The normalized spacial score (nSPS) is 14.1. The van der Waals surface area contributed by atoms with Crippen LogP contribution in [0.1, 0.15) is 61.5 Å². The van der Waals surface area contributed by atoms with E-state index in [2.05, 4.69) is 34.2 Å². The summed E-state index contributed by atoms with van der Waals surface area (Å²) in [5.74, 6) is -0.665. The quantitative estimate of drug-likeness (QED) is 0.313. The van der Waals surface area contributed by atoms with E-state index in [0.29, 0.717) is 36.7 Å². The number of nitrogens with zero attached hydrogens (tertiary/aromatic N) is 3. The lowest BCUT2D eigenvalue weighted by atomic mass is 10.0. The van der Waals surface area contributed by atoms with Crippen LogP contribution in [0, 0.1) is 5.82 Å². The van der Waals surface area contributed by atoms with Crippen LogP contribution < -0.4 is 15.4 Å². The van der Waals surface area contributed by atoms with Crippen LogP contribution >= 0.6 is 0 Å². The number of allylic oxidation sites excluding steroid dienone is 3. The summed E-state index contributed by atoms with van der Waals surface area (Å²) in [7, 11) is 2.93. The summed E-state index contributed by atoms with van der Waals surface area (Å²) in [6.45, 7) is 9.42. The Morgan fingerprint density at radius 1 is 1.38 bits per heavy atom. The molecule has 2 aromatic rings. The summed E-state index contributed by atoms with van der Waals surface area (Å²) < 4.78 is 27.2. The SMILES string of the molecule is C/C=C(\C=N/CNc1cnn(C2CCOCC2)c1)CCc1cc(C(=O)NC)cc(OC)c1F.C=CCC. The average Bonchev–Trinajstić information content (AvgIpc) is 3.42. The van der Waals surface area contributed by atoms with E-state index in [1.165, 1.54) is 20.2 Å². The number of rotatable bonds is 11. The Hall–Kier alpha value is -3.46. The van der Waals surface area contributed by atoms with Crippen molar-refractivity contribution < 1.29 is 18.7 Å². The third-order valence-corrected chi connectivity index (χ3v) is 5.96. The van der Waals surface area contributed by atoms with Gasteiger partial charge in [-0.15, -0.1) is 6.58 Å². The van der Waals surface area contributed by atoms with Gasteiger partial charge in [0.1, 0.15) is 6.67 Å². The number of benzene rings is 1. The van der Waals surface area contributed by atoms with E-state index in [0.717, 1.165) is 43.7 Å². The molecular weight excluding hydrogens is 473 g/mol. The highest BCUT2D eigenvalue weighted by atomic mass is 19.1. The van der Waals surface area contributed by atoms with Crippen LogP contribution in [-0.4, -0.2) is 55.9 Å². The van der Waals surface area contributed by atoms with Crippen LogP contribution in [0.25, 0.3) is 0 Å². The van der Waals surface area contributed by atoms with Crippen molar-refractivity contribution in [1.29, 1.82) is 0 Å². The van der Waals surface area contributed by atoms with Crippen LogP contribution in [0.5, 0.6) is 5.75 Å². The van der Waals surface area contributed by atoms with Crippen LogP contribution in [0.15, 0.2) is 53.8 Å². The van der Waals surface area contributed by atoms with Crippen molar-refractivity contribution in [1.82, 2.24) is 15.1 Å². The lowest BCUT2D eigenvalue weighted by Crippen LogP contribution is -2.19. The third kappa shape index (κ3) is 9.49. The molecule has 2 heterocycles. The maximum atomic E-state index is 14.7. The Morgan fingerprint density at radius 2 is 2.11 bits per heavy atom. The summed E-state index contributed by atoms with van der Waals surface area (Å²) in [6.07, 6.45) is 13.4. The standard InChI is InChI=1S/C24H32FN5O3.C4H8/c1-4-17(5-6-18-11-19(24(31)26-2)12-22(32-3)23(18)25)13-27-16-28-20-14-29-30(15-20)21-7-9-33-10-8-21;1-3-4-2/h4,11-15,21,28H,5-10,16H2,1-3H3,(H,26,31);3H,1,4H2,2H3/b17-4-,27-13-;. The van der Waals surface area contributed by atoms with Crippen LogP contribution in [-0.2, 0) is 11.2 Å². The zero-order valence-electron chi connectivity index (χ0n) is 22.4. The fraction of sp³-hybridized carbons (Fsp3) is 0.464. The molecule has 0 spiro atoms. The van der Waals surface area contributed by atoms with Gasteiger partial charge >= 0.3 is 0 Å².